The van der Waals surface area contributed by atoms with E-state index in [4.69, 9.17) is 0 Å². The predicted molar refractivity (Wildman–Crippen MR) is 45.6 cm³/mol. The fourth-order valence-corrected chi connectivity index (χ4v) is 1.09. The standard InChI is InChI=1S/C8H11N2O5/c1-2-9-5-8(13)15-10(14)6(11)3-4-7(10)12/h2,9,14H,1,3-5H2/q+1. The molecule has 0 atom stereocenters. The summed E-state index contributed by atoms with van der Waals surface area (Å²) in [4.78, 5) is 35.7. The zero-order chi connectivity index (χ0) is 11.5. The van der Waals surface area contributed by atoms with Crippen LogP contribution in [0.3, 0.4) is 0 Å². The van der Waals surface area contributed by atoms with Crippen molar-refractivity contribution in [3.8, 4) is 0 Å². The highest BCUT2D eigenvalue weighted by Crippen LogP contribution is 2.20. The fourth-order valence-electron chi connectivity index (χ4n) is 1.09. The van der Waals surface area contributed by atoms with Gasteiger partial charge >= 0.3 is 17.8 Å². The van der Waals surface area contributed by atoms with E-state index in [-0.39, 0.29) is 19.4 Å². The lowest BCUT2D eigenvalue weighted by Gasteiger charge is -2.15. The van der Waals surface area contributed by atoms with Crippen LogP contribution < -0.4 is 5.32 Å². The number of hydroxylamine groups is 4. The summed E-state index contributed by atoms with van der Waals surface area (Å²) >= 11 is 0. The highest BCUT2D eigenvalue weighted by molar-refractivity contribution is 5.91. The maximum atomic E-state index is 11.1. The van der Waals surface area contributed by atoms with Gasteiger partial charge in [-0.2, -0.15) is 5.21 Å². The topological polar surface area (TPSA) is 92.7 Å². The minimum atomic E-state index is -1.88. The summed E-state index contributed by atoms with van der Waals surface area (Å²) in [5.41, 5.74) is 0. The molecule has 1 fully saturated rings. The van der Waals surface area contributed by atoms with Crippen molar-refractivity contribution in [2.24, 2.45) is 0 Å². The van der Waals surface area contributed by atoms with Crippen LogP contribution in [0.4, 0.5) is 0 Å². The summed E-state index contributed by atoms with van der Waals surface area (Å²) in [5.74, 6) is -2.60. The smallest absolute Gasteiger partial charge is 0.381 e. The lowest BCUT2D eigenvalue weighted by Crippen LogP contribution is -2.51. The number of nitrogens with one attached hydrogen (secondary N) is 1. The highest BCUT2D eigenvalue weighted by atomic mass is 17.0. The lowest BCUT2D eigenvalue weighted by atomic mass is 10.4. The molecule has 0 aliphatic carbocycles. The number of rotatable bonds is 4. The van der Waals surface area contributed by atoms with Crippen LogP contribution in [-0.2, 0) is 19.2 Å². The Morgan fingerprint density at radius 1 is 1.53 bits per heavy atom. The molecule has 0 radical (unpaired) electrons. The maximum Gasteiger partial charge on any atom is 0.397 e. The van der Waals surface area contributed by atoms with Crippen LogP contribution in [0, 0.1) is 0 Å². The Bertz CT molecular complexity index is 309. The second-order valence-electron chi connectivity index (χ2n) is 2.91. The largest absolute Gasteiger partial charge is 0.397 e. The normalized spacial score (nSPS) is 18.7. The van der Waals surface area contributed by atoms with Gasteiger partial charge in [-0.05, 0) is 6.20 Å². The van der Waals surface area contributed by atoms with Gasteiger partial charge in [0.1, 0.15) is 11.4 Å². The molecule has 7 heteroatoms. The van der Waals surface area contributed by atoms with Crippen LogP contribution in [0.15, 0.2) is 12.8 Å². The van der Waals surface area contributed by atoms with Gasteiger partial charge in [0.2, 0.25) is 0 Å². The molecule has 82 valence electrons. The molecule has 7 nitrogen and oxygen atoms in total. The molecular weight excluding hydrogens is 204 g/mol. The van der Waals surface area contributed by atoms with Gasteiger partial charge in [-0.1, -0.05) is 6.58 Å². The number of amides is 2. The SMILES string of the molecule is C=CNCC(=O)O[N+]1(O)C(=O)CCC1=O. The van der Waals surface area contributed by atoms with Gasteiger partial charge in [0, 0.05) is 0 Å². The number of hydrogen-bond donors (Lipinski definition) is 2. The van der Waals surface area contributed by atoms with Crippen LogP contribution in [0.2, 0.25) is 0 Å². The van der Waals surface area contributed by atoms with Crippen molar-refractivity contribution in [2.45, 2.75) is 12.8 Å². The average Bonchev–Trinajstić information content (AvgIpc) is 2.43. The minimum Gasteiger partial charge on any atom is -0.381 e. The van der Waals surface area contributed by atoms with Crippen molar-refractivity contribution in [3.05, 3.63) is 12.8 Å². The molecule has 1 rings (SSSR count). The van der Waals surface area contributed by atoms with E-state index in [0.717, 1.165) is 0 Å². The number of nitrogens with zero attached hydrogens (tertiary/aromatic N) is 1. The van der Waals surface area contributed by atoms with Gasteiger partial charge in [0.15, 0.2) is 0 Å². The van der Waals surface area contributed by atoms with E-state index in [2.05, 4.69) is 16.7 Å². The Labute approximate surface area is 85.4 Å². The molecule has 1 aliphatic rings. The third-order valence-electron chi connectivity index (χ3n) is 1.85. The second kappa shape index (κ2) is 4.20. The van der Waals surface area contributed by atoms with Crippen molar-refractivity contribution >= 4 is 17.8 Å². The Morgan fingerprint density at radius 3 is 2.53 bits per heavy atom. The second-order valence-corrected chi connectivity index (χ2v) is 2.91. The summed E-state index contributed by atoms with van der Waals surface area (Å²) in [5, 5.41) is 11.9. The van der Waals surface area contributed by atoms with Crippen LogP contribution in [-0.4, -0.2) is 34.3 Å². The average molecular weight is 215 g/mol. The van der Waals surface area contributed by atoms with Crippen LogP contribution >= 0.6 is 0 Å². The first-order valence-corrected chi connectivity index (χ1v) is 4.26. The molecule has 0 aromatic heterocycles. The van der Waals surface area contributed by atoms with Crippen molar-refractivity contribution in [1.82, 2.24) is 5.32 Å². The van der Waals surface area contributed by atoms with E-state index in [0.29, 0.717) is 0 Å². The quantitative estimate of drug-likeness (QED) is 0.363. The van der Waals surface area contributed by atoms with Crippen LogP contribution in [0.5, 0.6) is 0 Å². The number of hydrogen-bond acceptors (Lipinski definition) is 6. The Morgan fingerprint density at radius 2 is 2.07 bits per heavy atom. The van der Waals surface area contributed by atoms with Gasteiger partial charge in [-0.15, -0.1) is 0 Å². The molecule has 2 N–H and O–H groups in total. The van der Waals surface area contributed by atoms with Crippen molar-refractivity contribution < 1.29 is 29.2 Å². The van der Waals surface area contributed by atoms with E-state index in [1.807, 2.05) is 0 Å². The van der Waals surface area contributed by atoms with Crippen LogP contribution in [0.1, 0.15) is 12.8 Å². The first-order valence-electron chi connectivity index (χ1n) is 4.26. The fraction of sp³-hybridized carbons (Fsp3) is 0.375. The molecule has 0 saturated carbocycles. The minimum absolute atomic E-state index is 0.127. The molecule has 0 spiro atoms. The molecule has 0 bridgehead atoms. The summed E-state index contributed by atoms with van der Waals surface area (Å²) in [6.45, 7) is 3.02. The van der Waals surface area contributed by atoms with Gasteiger partial charge in [0.25, 0.3) is 0 Å². The lowest BCUT2D eigenvalue weighted by molar-refractivity contribution is -1.12. The maximum absolute atomic E-state index is 11.1. The van der Waals surface area contributed by atoms with E-state index in [1.165, 1.54) is 6.20 Å². The van der Waals surface area contributed by atoms with E-state index >= 15 is 0 Å². The summed E-state index contributed by atoms with van der Waals surface area (Å²) in [6, 6.07) is 0. The molecule has 0 unspecified atom stereocenters. The van der Waals surface area contributed by atoms with Gasteiger partial charge in [0.05, 0.1) is 12.8 Å². The number of carbonyl (C=O) groups is 3. The first kappa shape index (κ1) is 11.3. The van der Waals surface area contributed by atoms with Gasteiger partial charge in [-0.3, -0.25) is 0 Å². The summed E-state index contributed by atoms with van der Waals surface area (Å²) in [6.07, 6.45) is 0.992. The molecular formula is C8H11N2O5+. The van der Waals surface area contributed by atoms with Crippen LogP contribution in [0.25, 0.3) is 0 Å². The number of carbonyl (C=O) groups excluding carboxylic acids is 3. The Balaban J connectivity index is 2.63. The monoisotopic (exact) mass is 215 g/mol. The molecule has 15 heavy (non-hydrogen) atoms. The number of imide groups is 1. The third-order valence-corrected chi connectivity index (χ3v) is 1.85. The third kappa shape index (κ3) is 2.20. The molecule has 0 aromatic rings. The van der Waals surface area contributed by atoms with E-state index in [9.17, 15) is 19.6 Å². The zero-order valence-electron chi connectivity index (χ0n) is 7.93. The van der Waals surface area contributed by atoms with Crippen molar-refractivity contribution in [3.63, 3.8) is 0 Å². The predicted octanol–water partition coefficient (Wildman–Crippen LogP) is -0.769. The Hall–Kier alpha value is -1.73. The van der Waals surface area contributed by atoms with E-state index < -0.39 is 22.6 Å². The summed E-state index contributed by atoms with van der Waals surface area (Å²) < 4.78 is 0. The first-order chi connectivity index (χ1) is 7.00. The molecule has 0 aromatic carbocycles. The van der Waals surface area contributed by atoms with E-state index in [1.54, 1.807) is 0 Å². The van der Waals surface area contributed by atoms with Gasteiger partial charge in [-0.25, -0.2) is 19.2 Å². The highest BCUT2D eigenvalue weighted by Gasteiger charge is 2.55. The molecule has 1 heterocycles. The van der Waals surface area contributed by atoms with Gasteiger partial charge < -0.3 is 5.32 Å². The Kier molecular flexibility index (Phi) is 3.17. The molecule has 1 aliphatic heterocycles. The molecule has 2 amide bonds. The van der Waals surface area contributed by atoms with Crippen molar-refractivity contribution in [1.29, 1.82) is 0 Å². The zero-order valence-corrected chi connectivity index (χ0v) is 7.93. The number of quaternary nitrogens is 1. The van der Waals surface area contributed by atoms with Crippen molar-refractivity contribution in [2.75, 3.05) is 6.54 Å². The molecule has 1 saturated heterocycles. The summed E-state index contributed by atoms with van der Waals surface area (Å²) in [7, 11) is 0.